The number of amides is 1. The van der Waals surface area contributed by atoms with Crippen molar-refractivity contribution in [3.05, 3.63) is 50.3 Å². The number of halogens is 1. The second kappa shape index (κ2) is 7.30. The second-order valence-electron chi connectivity index (χ2n) is 5.53. The average Bonchev–Trinajstić information content (AvgIpc) is 3.23. The van der Waals surface area contributed by atoms with Crippen LogP contribution in [0.25, 0.3) is 0 Å². The second-order valence-corrected chi connectivity index (χ2v) is 6.83. The molecule has 2 aromatic rings. The number of hydrogen-bond donors (Lipinski definition) is 1. The van der Waals surface area contributed by atoms with Gasteiger partial charge in [-0.3, -0.25) is 14.9 Å². The van der Waals surface area contributed by atoms with Crippen LogP contribution in [-0.2, 0) is 9.53 Å². The zero-order valence-electron chi connectivity index (χ0n) is 13.6. The van der Waals surface area contributed by atoms with Gasteiger partial charge in [-0.15, -0.1) is 11.3 Å². The van der Waals surface area contributed by atoms with E-state index in [0.717, 1.165) is 0 Å². The zero-order valence-corrected chi connectivity index (χ0v) is 15.2. The van der Waals surface area contributed by atoms with Gasteiger partial charge in [0, 0.05) is 18.7 Å². The van der Waals surface area contributed by atoms with E-state index in [1.165, 1.54) is 41.5 Å². The van der Waals surface area contributed by atoms with E-state index in [4.69, 9.17) is 16.3 Å². The van der Waals surface area contributed by atoms with Crippen LogP contribution in [0.1, 0.15) is 16.8 Å². The predicted octanol–water partition coefficient (Wildman–Crippen LogP) is 3.31. The standard InChI is InChI=1S/C16H14ClN3O5S/c1-25-16(22)10-5-7-26-15(10)19-6-4-13(14(19)21)18-12-3-2-9(20(23)24)8-11(12)17/h2-3,5,7-8,13,18H,4,6H2,1H3. The summed E-state index contributed by atoms with van der Waals surface area (Å²) in [6.45, 7) is 0.436. The van der Waals surface area contributed by atoms with E-state index >= 15 is 0 Å². The minimum absolute atomic E-state index is 0.124. The highest BCUT2D eigenvalue weighted by atomic mass is 35.5. The number of ether oxygens (including phenoxy) is 1. The Morgan fingerprint density at radius 3 is 2.88 bits per heavy atom. The Kier molecular flexibility index (Phi) is 5.10. The highest BCUT2D eigenvalue weighted by molar-refractivity contribution is 7.14. The largest absolute Gasteiger partial charge is 0.465 e. The molecule has 1 aliphatic rings. The van der Waals surface area contributed by atoms with E-state index in [9.17, 15) is 19.7 Å². The van der Waals surface area contributed by atoms with Crippen molar-refractivity contribution < 1.29 is 19.2 Å². The Morgan fingerprint density at radius 1 is 1.46 bits per heavy atom. The molecule has 0 bridgehead atoms. The minimum Gasteiger partial charge on any atom is -0.465 e. The number of anilines is 2. The molecule has 26 heavy (non-hydrogen) atoms. The van der Waals surface area contributed by atoms with Gasteiger partial charge < -0.3 is 15.0 Å². The number of benzene rings is 1. The van der Waals surface area contributed by atoms with E-state index in [1.54, 1.807) is 11.4 Å². The van der Waals surface area contributed by atoms with Gasteiger partial charge in [-0.2, -0.15) is 0 Å². The van der Waals surface area contributed by atoms with Gasteiger partial charge in [-0.05, 0) is 23.9 Å². The number of non-ortho nitro benzene ring substituents is 1. The van der Waals surface area contributed by atoms with Gasteiger partial charge in [0.25, 0.3) is 5.69 Å². The number of nitrogens with zero attached hydrogens (tertiary/aromatic N) is 2. The van der Waals surface area contributed by atoms with Crippen LogP contribution in [0.3, 0.4) is 0 Å². The first-order valence-electron chi connectivity index (χ1n) is 7.60. The van der Waals surface area contributed by atoms with Gasteiger partial charge in [-0.25, -0.2) is 4.79 Å². The molecule has 0 spiro atoms. The molecule has 1 aromatic heterocycles. The Bertz CT molecular complexity index is 885. The van der Waals surface area contributed by atoms with E-state index in [2.05, 4.69) is 5.32 Å². The highest BCUT2D eigenvalue weighted by Crippen LogP contribution is 2.34. The third-order valence-electron chi connectivity index (χ3n) is 3.99. The molecular formula is C16H14ClN3O5S. The third kappa shape index (κ3) is 3.35. The van der Waals surface area contributed by atoms with Crippen LogP contribution in [0.4, 0.5) is 16.4 Å². The van der Waals surface area contributed by atoms with Crippen molar-refractivity contribution in [1.82, 2.24) is 0 Å². The van der Waals surface area contributed by atoms with Crippen LogP contribution < -0.4 is 10.2 Å². The summed E-state index contributed by atoms with van der Waals surface area (Å²) in [6, 6.07) is 5.10. The summed E-state index contributed by atoms with van der Waals surface area (Å²) in [7, 11) is 1.29. The summed E-state index contributed by atoms with van der Waals surface area (Å²) in [5.74, 6) is -0.698. The zero-order chi connectivity index (χ0) is 18.8. The third-order valence-corrected chi connectivity index (χ3v) is 5.24. The molecule has 136 valence electrons. The van der Waals surface area contributed by atoms with E-state index in [1.807, 2.05) is 0 Å². The summed E-state index contributed by atoms with van der Waals surface area (Å²) in [4.78, 5) is 36.3. The number of esters is 1. The van der Waals surface area contributed by atoms with Crippen molar-refractivity contribution in [2.24, 2.45) is 0 Å². The molecule has 1 saturated heterocycles. The molecule has 0 saturated carbocycles. The molecule has 1 atom stereocenters. The Morgan fingerprint density at radius 2 is 2.23 bits per heavy atom. The number of nitrogens with one attached hydrogen (secondary N) is 1. The number of carbonyl (C=O) groups excluding carboxylic acids is 2. The Hall–Kier alpha value is -2.65. The lowest BCUT2D eigenvalue weighted by Gasteiger charge is -2.17. The molecule has 10 heteroatoms. The van der Waals surface area contributed by atoms with Crippen LogP contribution in [0, 0.1) is 10.1 Å². The van der Waals surface area contributed by atoms with Crippen molar-refractivity contribution in [2.75, 3.05) is 23.9 Å². The van der Waals surface area contributed by atoms with Gasteiger partial charge >= 0.3 is 5.97 Å². The first kappa shape index (κ1) is 18.2. The van der Waals surface area contributed by atoms with Crippen LogP contribution in [0.5, 0.6) is 0 Å². The molecule has 1 unspecified atom stereocenters. The molecule has 1 aromatic carbocycles. The van der Waals surface area contributed by atoms with Crippen molar-refractivity contribution in [3.8, 4) is 0 Å². The van der Waals surface area contributed by atoms with Crippen molar-refractivity contribution in [3.63, 3.8) is 0 Å². The maximum atomic E-state index is 12.7. The number of nitro benzene ring substituents is 1. The Balaban J connectivity index is 1.77. The Labute approximate surface area is 157 Å². The summed E-state index contributed by atoms with van der Waals surface area (Å²) in [5, 5.41) is 16.2. The van der Waals surface area contributed by atoms with Crippen LogP contribution in [0.2, 0.25) is 5.02 Å². The molecule has 3 rings (SSSR count). The SMILES string of the molecule is COC(=O)c1ccsc1N1CCC(Nc2ccc([N+](=O)[O-])cc2Cl)C1=O. The van der Waals surface area contributed by atoms with Gasteiger partial charge in [-0.1, -0.05) is 11.6 Å². The van der Waals surface area contributed by atoms with Crippen molar-refractivity contribution >= 4 is 51.2 Å². The fraction of sp³-hybridized carbons (Fsp3) is 0.250. The fourth-order valence-corrected chi connectivity index (χ4v) is 3.86. The topological polar surface area (TPSA) is 102 Å². The van der Waals surface area contributed by atoms with Crippen molar-refractivity contribution in [1.29, 1.82) is 0 Å². The van der Waals surface area contributed by atoms with Gasteiger partial charge in [0.1, 0.15) is 11.0 Å². The average molecular weight is 396 g/mol. The van der Waals surface area contributed by atoms with E-state index in [-0.39, 0.29) is 16.6 Å². The number of hydrogen-bond acceptors (Lipinski definition) is 7. The number of nitro groups is 1. The molecule has 0 radical (unpaired) electrons. The van der Waals surface area contributed by atoms with E-state index < -0.39 is 16.9 Å². The number of carbonyl (C=O) groups is 2. The van der Waals surface area contributed by atoms with Gasteiger partial charge in [0.05, 0.1) is 28.3 Å². The van der Waals surface area contributed by atoms with Gasteiger partial charge in [0.15, 0.2) is 0 Å². The first-order chi connectivity index (χ1) is 12.4. The maximum absolute atomic E-state index is 12.7. The summed E-state index contributed by atoms with van der Waals surface area (Å²) in [6.07, 6.45) is 0.505. The number of rotatable bonds is 5. The number of thiophene rings is 1. The smallest absolute Gasteiger partial charge is 0.340 e. The highest BCUT2D eigenvalue weighted by Gasteiger charge is 2.35. The molecule has 8 nitrogen and oxygen atoms in total. The number of methoxy groups -OCH3 is 1. The lowest BCUT2D eigenvalue weighted by Crippen LogP contribution is -2.33. The minimum atomic E-state index is -0.540. The van der Waals surface area contributed by atoms with Crippen LogP contribution in [-0.4, -0.2) is 36.5 Å². The lowest BCUT2D eigenvalue weighted by atomic mass is 10.2. The molecule has 1 aliphatic heterocycles. The predicted molar refractivity (Wildman–Crippen MR) is 98.1 cm³/mol. The molecule has 1 fully saturated rings. The fourth-order valence-electron chi connectivity index (χ4n) is 2.71. The molecule has 0 aliphatic carbocycles. The normalized spacial score (nSPS) is 16.6. The summed E-state index contributed by atoms with van der Waals surface area (Å²) in [5.41, 5.74) is 0.665. The molecular weight excluding hydrogens is 382 g/mol. The van der Waals surface area contributed by atoms with Gasteiger partial charge in [0.2, 0.25) is 5.91 Å². The van der Waals surface area contributed by atoms with Crippen LogP contribution >= 0.6 is 22.9 Å². The summed E-state index contributed by atoms with van der Waals surface area (Å²) >= 11 is 7.36. The molecule has 1 N–H and O–H groups in total. The quantitative estimate of drug-likeness (QED) is 0.473. The molecule has 1 amide bonds. The monoisotopic (exact) mass is 395 g/mol. The van der Waals surface area contributed by atoms with Crippen molar-refractivity contribution in [2.45, 2.75) is 12.5 Å². The maximum Gasteiger partial charge on any atom is 0.340 e. The summed E-state index contributed by atoms with van der Waals surface area (Å²) < 4.78 is 4.74. The van der Waals surface area contributed by atoms with Crippen LogP contribution in [0.15, 0.2) is 29.6 Å². The first-order valence-corrected chi connectivity index (χ1v) is 8.85. The van der Waals surface area contributed by atoms with E-state index in [0.29, 0.717) is 29.2 Å². The lowest BCUT2D eigenvalue weighted by molar-refractivity contribution is -0.384. The molecule has 2 heterocycles.